The Balaban J connectivity index is 1.86. The van der Waals surface area contributed by atoms with E-state index in [2.05, 4.69) is 25.1 Å². The van der Waals surface area contributed by atoms with Gasteiger partial charge in [-0.2, -0.15) is 4.98 Å². The molecule has 3 rings (SSSR count). The van der Waals surface area contributed by atoms with Crippen molar-refractivity contribution in [3.63, 3.8) is 0 Å². The van der Waals surface area contributed by atoms with Crippen molar-refractivity contribution in [2.75, 3.05) is 5.73 Å². The van der Waals surface area contributed by atoms with Gasteiger partial charge >= 0.3 is 0 Å². The number of aryl methyl sites for hydroxylation is 1. The quantitative estimate of drug-likeness (QED) is 0.771. The van der Waals surface area contributed by atoms with Crippen molar-refractivity contribution < 1.29 is 4.52 Å². The van der Waals surface area contributed by atoms with Crippen LogP contribution in [0.15, 0.2) is 22.3 Å². The first-order valence-electron chi connectivity index (χ1n) is 5.53. The lowest BCUT2D eigenvalue weighted by atomic mass is 10.3. The fraction of sp³-hybridized carbons (Fsp3) is 0.182. The van der Waals surface area contributed by atoms with Gasteiger partial charge < -0.3 is 10.3 Å². The van der Waals surface area contributed by atoms with Crippen molar-refractivity contribution in [1.82, 2.24) is 25.1 Å². The topological polar surface area (TPSA) is 104 Å². The molecule has 0 fully saturated rings. The van der Waals surface area contributed by atoms with Gasteiger partial charge in [-0.1, -0.05) is 5.16 Å². The fourth-order valence-electron chi connectivity index (χ4n) is 1.59. The predicted octanol–water partition coefficient (Wildman–Crippen LogP) is 1.46. The third-order valence-electron chi connectivity index (χ3n) is 2.40. The molecule has 3 heterocycles. The summed E-state index contributed by atoms with van der Waals surface area (Å²) in [5.74, 6) is 1.08. The van der Waals surface area contributed by atoms with Gasteiger partial charge in [0, 0.05) is 17.8 Å². The van der Waals surface area contributed by atoms with E-state index in [1.54, 1.807) is 11.3 Å². The van der Waals surface area contributed by atoms with E-state index in [0.717, 1.165) is 10.7 Å². The van der Waals surface area contributed by atoms with Crippen LogP contribution in [0.1, 0.15) is 16.5 Å². The summed E-state index contributed by atoms with van der Waals surface area (Å²) < 4.78 is 5.14. The van der Waals surface area contributed by atoms with Gasteiger partial charge in [0.15, 0.2) is 17.3 Å². The van der Waals surface area contributed by atoms with Crippen LogP contribution in [-0.4, -0.2) is 25.1 Å². The van der Waals surface area contributed by atoms with E-state index in [9.17, 15) is 0 Å². The zero-order valence-electron chi connectivity index (χ0n) is 10.1. The number of anilines is 1. The monoisotopic (exact) mass is 274 g/mol. The van der Waals surface area contributed by atoms with Gasteiger partial charge in [0.05, 0.1) is 17.1 Å². The summed E-state index contributed by atoms with van der Waals surface area (Å²) in [5, 5.41) is 6.88. The van der Waals surface area contributed by atoms with Crippen LogP contribution in [0.5, 0.6) is 0 Å². The lowest BCUT2D eigenvalue weighted by Gasteiger charge is -1.95. The van der Waals surface area contributed by atoms with Gasteiger partial charge in [0.2, 0.25) is 0 Å². The standard InChI is InChI=1S/C11H10N6OS/c1-6-15-7(5-19-6)4-8-16-11(18-17-8)9-10(12)14-3-2-13-9/h2-3,5H,4H2,1H3,(H2,12,14). The Morgan fingerprint density at radius 3 is 2.84 bits per heavy atom. The molecule has 3 aromatic rings. The molecule has 7 nitrogen and oxygen atoms in total. The van der Waals surface area contributed by atoms with E-state index in [1.807, 2.05) is 12.3 Å². The van der Waals surface area contributed by atoms with E-state index in [0.29, 0.717) is 17.9 Å². The van der Waals surface area contributed by atoms with Crippen LogP contribution in [-0.2, 0) is 6.42 Å². The van der Waals surface area contributed by atoms with Crippen molar-refractivity contribution in [2.45, 2.75) is 13.3 Å². The van der Waals surface area contributed by atoms with Gasteiger partial charge in [-0.15, -0.1) is 11.3 Å². The SMILES string of the molecule is Cc1nc(Cc2noc(-c3nccnc3N)n2)cs1. The van der Waals surface area contributed by atoms with Crippen LogP contribution in [0.3, 0.4) is 0 Å². The molecular weight excluding hydrogens is 264 g/mol. The van der Waals surface area contributed by atoms with Gasteiger partial charge in [0.25, 0.3) is 5.89 Å². The molecule has 2 N–H and O–H groups in total. The maximum atomic E-state index is 5.71. The Morgan fingerprint density at radius 1 is 1.26 bits per heavy atom. The van der Waals surface area contributed by atoms with Gasteiger partial charge in [-0.05, 0) is 6.92 Å². The number of nitrogens with zero attached hydrogens (tertiary/aromatic N) is 5. The molecule has 0 saturated heterocycles. The number of hydrogen-bond donors (Lipinski definition) is 1. The maximum Gasteiger partial charge on any atom is 0.280 e. The van der Waals surface area contributed by atoms with Gasteiger partial charge in [-0.3, -0.25) is 0 Å². The van der Waals surface area contributed by atoms with Crippen molar-refractivity contribution in [2.24, 2.45) is 0 Å². The minimum Gasteiger partial charge on any atom is -0.382 e. The number of aromatic nitrogens is 5. The molecule has 8 heteroatoms. The molecule has 19 heavy (non-hydrogen) atoms. The minimum atomic E-state index is 0.266. The second kappa shape index (κ2) is 4.73. The summed E-state index contributed by atoms with van der Waals surface area (Å²) in [6.45, 7) is 1.95. The number of nitrogen functional groups attached to an aromatic ring is 1. The summed E-state index contributed by atoms with van der Waals surface area (Å²) in [5.41, 5.74) is 7.02. The molecule has 0 aromatic carbocycles. The highest BCUT2D eigenvalue weighted by Gasteiger charge is 2.14. The summed E-state index contributed by atoms with van der Waals surface area (Å²) in [6.07, 6.45) is 3.56. The van der Waals surface area contributed by atoms with Crippen LogP contribution in [0.25, 0.3) is 11.6 Å². The first kappa shape index (κ1) is 11.7. The van der Waals surface area contributed by atoms with E-state index >= 15 is 0 Å². The third kappa shape index (κ3) is 2.43. The summed E-state index contributed by atoms with van der Waals surface area (Å²) in [7, 11) is 0. The Bertz CT molecular complexity index is 707. The number of nitrogens with two attached hydrogens (primary N) is 1. The Labute approximate surface area is 112 Å². The number of thiazole rings is 1. The lowest BCUT2D eigenvalue weighted by Crippen LogP contribution is -1.96. The average molecular weight is 274 g/mol. The normalized spacial score (nSPS) is 10.8. The van der Waals surface area contributed by atoms with Crippen LogP contribution in [0, 0.1) is 6.92 Å². The van der Waals surface area contributed by atoms with Crippen molar-refractivity contribution in [3.05, 3.63) is 34.3 Å². The lowest BCUT2D eigenvalue weighted by molar-refractivity contribution is 0.422. The smallest absolute Gasteiger partial charge is 0.280 e. The highest BCUT2D eigenvalue weighted by atomic mass is 32.1. The Kier molecular flexibility index (Phi) is 2.92. The van der Waals surface area contributed by atoms with E-state index < -0.39 is 0 Å². The maximum absolute atomic E-state index is 5.71. The molecule has 0 unspecified atom stereocenters. The second-order valence-corrected chi connectivity index (χ2v) is 4.90. The summed E-state index contributed by atoms with van der Waals surface area (Å²) >= 11 is 1.59. The largest absolute Gasteiger partial charge is 0.382 e. The molecule has 96 valence electrons. The van der Waals surface area contributed by atoms with E-state index in [1.165, 1.54) is 12.4 Å². The van der Waals surface area contributed by atoms with Gasteiger partial charge in [-0.25, -0.2) is 15.0 Å². The van der Waals surface area contributed by atoms with Crippen LogP contribution in [0.2, 0.25) is 0 Å². The zero-order valence-corrected chi connectivity index (χ0v) is 10.9. The zero-order chi connectivity index (χ0) is 13.2. The molecule has 0 aliphatic heterocycles. The molecular formula is C11H10N6OS. The van der Waals surface area contributed by atoms with Gasteiger partial charge in [0.1, 0.15) is 0 Å². The molecule has 0 saturated carbocycles. The second-order valence-electron chi connectivity index (χ2n) is 3.84. The van der Waals surface area contributed by atoms with Crippen LogP contribution >= 0.6 is 11.3 Å². The molecule has 0 atom stereocenters. The fourth-order valence-corrected chi connectivity index (χ4v) is 2.20. The minimum absolute atomic E-state index is 0.266. The molecule has 0 aliphatic rings. The van der Waals surface area contributed by atoms with E-state index in [4.69, 9.17) is 10.3 Å². The first-order chi connectivity index (χ1) is 9.22. The number of rotatable bonds is 3. The highest BCUT2D eigenvalue weighted by Crippen LogP contribution is 2.20. The van der Waals surface area contributed by atoms with Crippen molar-refractivity contribution >= 4 is 17.2 Å². The average Bonchev–Trinajstić information content (AvgIpc) is 3.00. The molecule has 0 bridgehead atoms. The number of hydrogen-bond acceptors (Lipinski definition) is 8. The first-order valence-corrected chi connectivity index (χ1v) is 6.41. The van der Waals surface area contributed by atoms with Crippen molar-refractivity contribution in [3.8, 4) is 11.6 Å². The third-order valence-corrected chi connectivity index (χ3v) is 3.23. The van der Waals surface area contributed by atoms with Crippen LogP contribution < -0.4 is 5.73 Å². The Morgan fingerprint density at radius 2 is 2.11 bits per heavy atom. The molecule has 0 amide bonds. The molecule has 0 spiro atoms. The highest BCUT2D eigenvalue weighted by molar-refractivity contribution is 7.09. The van der Waals surface area contributed by atoms with E-state index in [-0.39, 0.29) is 11.7 Å². The summed E-state index contributed by atoms with van der Waals surface area (Å²) in [4.78, 5) is 16.6. The van der Waals surface area contributed by atoms with Crippen molar-refractivity contribution in [1.29, 1.82) is 0 Å². The predicted molar refractivity (Wildman–Crippen MR) is 69.4 cm³/mol. The summed E-state index contributed by atoms with van der Waals surface area (Å²) in [6, 6.07) is 0. The Hall–Kier alpha value is -2.35. The molecule has 3 aromatic heterocycles. The molecule has 0 radical (unpaired) electrons. The molecule has 0 aliphatic carbocycles. The van der Waals surface area contributed by atoms with Crippen LogP contribution in [0.4, 0.5) is 5.82 Å².